The maximum atomic E-state index is 13.3. The Morgan fingerprint density at radius 2 is 1.65 bits per heavy atom. The van der Waals surface area contributed by atoms with Gasteiger partial charge in [-0.15, -0.1) is 0 Å². The first-order valence-electron chi connectivity index (χ1n) is 6.01. The monoisotopic (exact) mass is 243 g/mol. The Bertz CT molecular complexity index is 386. The Kier molecular flexibility index (Phi) is 4.05. The zero-order valence-corrected chi connectivity index (χ0v) is 9.61. The van der Waals surface area contributed by atoms with Crippen LogP contribution in [0.4, 0.5) is 13.2 Å². The van der Waals surface area contributed by atoms with E-state index in [-0.39, 0.29) is 12.1 Å². The van der Waals surface area contributed by atoms with Crippen LogP contribution < -0.4 is 5.32 Å². The molecule has 0 atom stereocenters. The average Bonchev–Trinajstić information content (AvgIpc) is 2.78. The Morgan fingerprint density at radius 1 is 1.00 bits per heavy atom. The quantitative estimate of drug-likeness (QED) is 0.799. The summed E-state index contributed by atoms with van der Waals surface area (Å²) in [6, 6.07) is 1.52. The Morgan fingerprint density at radius 3 is 2.35 bits per heavy atom. The molecule has 0 heterocycles. The van der Waals surface area contributed by atoms with Gasteiger partial charge in [-0.3, -0.25) is 0 Å². The van der Waals surface area contributed by atoms with Gasteiger partial charge in [-0.05, 0) is 31.4 Å². The number of hydrogen-bond acceptors (Lipinski definition) is 1. The second-order valence-corrected chi connectivity index (χ2v) is 4.64. The number of halogens is 3. The molecule has 0 aliphatic heterocycles. The summed E-state index contributed by atoms with van der Waals surface area (Å²) in [6.45, 7) is 1.07. The van der Waals surface area contributed by atoms with E-state index in [1.807, 2.05) is 0 Å². The van der Waals surface area contributed by atoms with Crippen LogP contribution in [0.2, 0.25) is 0 Å². The van der Waals surface area contributed by atoms with Crippen molar-refractivity contribution < 1.29 is 13.2 Å². The van der Waals surface area contributed by atoms with Crippen LogP contribution in [0.5, 0.6) is 0 Å². The van der Waals surface area contributed by atoms with Gasteiger partial charge in [0.1, 0.15) is 5.82 Å². The lowest BCUT2D eigenvalue weighted by Gasteiger charge is -2.11. The van der Waals surface area contributed by atoms with Crippen molar-refractivity contribution in [2.24, 2.45) is 5.92 Å². The summed E-state index contributed by atoms with van der Waals surface area (Å²) in [5.41, 5.74) is 0.182. The third-order valence-electron chi connectivity index (χ3n) is 3.31. The predicted molar refractivity (Wildman–Crippen MR) is 60.0 cm³/mol. The standard InChI is InChI=1S/C13H16F3N/c14-11-6-13(16)12(15)5-10(11)8-17-7-9-3-1-2-4-9/h5-6,9,17H,1-4,7-8H2. The van der Waals surface area contributed by atoms with E-state index in [2.05, 4.69) is 5.32 Å². The van der Waals surface area contributed by atoms with Gasteiger partial charge in [-0.1, -0.05) is 12.8 Å². The van der Waals surface area contributed by atoms with E-state index in [4.69, 9.17) is 0 Å². The molecule has 1 aromatic rings. The maximum absolute atomic E-state index is 13.3. The van der Waals surface area contributed by atoms with Crippen LogP contribution in [-0.2, 0) is 6.54 Å². The molecule has 2 rings (SSSR count). The van der Waals surface area contributed by atoms with Crippen LogP contribution in [0.25, 0.3) is 0 Å². The van der Waals surface area contributed by atoms with E-state index in [0.717, 1.165) is 12.6 Å². The lowest BCUT2D eigenvalue weighted by molar-refractivity contribution is 0.469. The van der Waals surface area contributed by atoms with Gasteiger partial charge in [0, 0.05) is 18.2 Å². The van der Waals surface area contributed by atoms with Gasteiger partial charge >= 0.3 is 0 Å². The fraction of sp³-hybridized carbons (Fsp3) is 0.538. The third kappa shape index (κ3) is 3.22. The molecule has 0 saturated heterocycles. The number of rotatable bonds is 4. The highest BCUT2D eigenvalue weighted by Crippen LogP contribution is 2.23. The van der Waals surface area contributed by atoms with E-state index in [0.29, 0.717) is 12.0 Å². The fourth-order valence-electron chi connectivity index (χ4n) is 2.32. The van der Waals surface area contributed by atoms with Crippen LogP contribution in [0.15, 0.2) is 12.1 Å². The molecule has 0 bridgehead atoms. The third-order valence-corrected chi connectivity index (χ3v) is 3.31. The second kappa shape index (κ2) is 5.54. The normalized spacial score (nSPS) is 16.6. The first kappa shape index (κ1) is 12.4. The molecular weight excluding hydrogens is 227 g/mol. The Hall–Kier alpha value is -1.03. The minimum absolute atomic E-state index is 0.182. The van der Waals surface area contributed by atoms with Gasteiger partial charge < -0.3 is 5.32 Å². The molecule has 1 aliphatic carbocycles. The average molecular weight is 243 g/mol. The minimum atomic E-state index is -1.14. The molecule has 1 N–H and O–H groups in total. The van der Waals surface area contributed by atoms with Crippen molar-refractivity contribution in [1.82, 2.24) is 5.32 Å². The first-order chi connectivity index (χ1) is 8.16. The molecule has 0 aromatic heterocycles. The van der Waals surface area contributed by atoms with Crippen molar-refractivity contribution in [3.63, 3.8) is 0 Å². The van der Waals surface area contributed by atoms with Crippen molar-refractivity contribution in [3.05, 3.63) is 35.1 Å². The summed E-state index contributed by atoms with van der Waals surface area (Å²) < 4.78 is 38.9. The molecule has 94 valence electrons. The zero-order valence-electron chi connectivity index (χ0n) is 9.61. The molecular formula is C13H16F3N. The fourth-order valence-corrected chi connectivity index (χ4v) is 2.32. The van der Waals surface area contributed by atoms with Gasteiger partial charge in [-0.2, -0.15) is 0 Å². The molecule has 17 heavy (non-hydrogen) atoms. The molecule has 4 heteroatoms. The van der Waals surface area contributed by atoms with Crippen molar-refractivity contribution in [2.45, 2.75) is 32.2 Å². The van der Waals surface area contributed by atoms with Crippen molar-refractivity contribution in [2.75, 3.05) is 6.54 Å². The summed E-state index contributed by atoms with van der Waals surface area (Å²) in [6.07, 6.45) is 4.91. The maximum Gasteiger partial charge on any atom is 0.161 e. The second-order valence-electron chi connectivity index (χ2n) is 4.64. The van der Waals surface area contributed by atoms with Crippen LogP contribution >= 0.6 is 0 Å². The number of nitrogens with one attached hydrogen (secondary N) is 1. The van der Waals surface area contributed by atoms with Crippen molar-refractivity contribution in [1.29, 1.82) is 0 Å². The van der Waals surface area contributed by atoms with Gasteiger partial charge in [0.15, 0.2) is 11.6 Å². The smallest absolute Gasteiger partial charge is 0.161 e. The van der Waals surface area contributed by atoms with Gasteiger partial charge in [0.25, 0.3) is 0 Å². The largest absolute Gasteiger partial charge is 0.312 e. The van der Waals surface area contributed by atoms with E-state index in [1.165, 1.54) is 25.7 Å². The van der Waals surface area contributed by atoms with Gasteiger partial charge in [-0.25, -0.2) is 13.2 Å². The summed E-state index contributed by atoms with van der Waals surface area (Å²) in [5.74, 6) is -2.18. The van der Waals surface area contributed by atoms with Crippen molar-refractivity contribution >= 4 is 0 Å². The highest BCUT2D eigenvalue weighted by Gasteiger charge is 2.15. The van der Waals surface area contributed by atoms with Crippen molar-refractivity contribution in [3.8, 4) is 0 Å². The summed E-state index contributed by atoms with van der Waals surface area (Å²) in [7, 11) is 0. The van der Waals surface area contributed by atoms with E-state index >= 15 is 0 Å². The number of hydrogen-bond donors (Lipinski definition) is 1. The molecule has 1 aliphatic rings. The molecule has 1 nitrogen and oxygen atoms in total. The zero-order chi connectivity index (χ0) is 12.3. The highest BCUT2D eigenvalue weighted by molar-refractivity contribution is 5.19. The molecule has 0 unspecified atom stereocenters. The lowest BCUT2D eigenvalue weighted by Crippen LogP contribution is -2.21. The number of benzene rings is 1. The lowest BCUT2D eigenvalue weighted by atomic mass is 10.1. The molecule has 0 spiro atoms. The predicted octanol–water partition coefficient (Wildman–Crippen LogP) is 3.38. The Labute approximate surface area is 99.0 Å². The highest BCUT2D eigenvalue weighted by atomic mass is 19.2. The Balaban J connectivity index is 1.87. The SMILES string of the molecule is Fc1cc(F)c(CNCC2CCCC2)cc1F. The molecule has 0 radical (unpaired) electrons. The van der Waals surface area contributed by atoms with Crippen LogP contribution in [-0.4, -0.2) is 6.54 Å². The van der Waals surface area contributed by atoms with E-state index in [1.54, 1.807) is 0 Å². The first-order valence-corrected chi connectivity index (χ1v) is 6.01. The van der Waals surface area contributed by atoms with Gasteiger partial charge in [0.2, 0.25) is 0 Å². The van der Waals surface area contributed by atoms with Crippen LogP contribution in [0, 0.1) is 23.4 Å². The van der Waals surface area contributed by atoms with E-state index < -0.39 is 17.5 Å². The molecule has 1 fully saturated rings. The molecule has 0 amide bonds. The summed E-state index contributed by atoms with van der Waals surface area (Å²) in [4.78, 5) is 0. The molecule has 1 aromatic carbocycles. The minimum Gasteiger partial charge on any atom is -0.312 e. The van der Waals surface area contributed by atoms with Crippen LogP contribution in [0.3, 0.4) is 0 Å². The summed E-state index contributed by atoms with van der Waals surface area (Å²) >= 11 is 0. The van der Waals surface area contributed by atoms with E-state index in [9.17, 15) is 13.2 Å². The summed E-state index contributed by atoms with van der Waals surface area (Å²) in [5, 5.41) is 3.10. The molecule has 1 saturated carbocycles. The van der Waals surface area contributed by atoms with Gasteiger partial charge in [0.05, 0.1) is 0 Å². The topological polar surface area (TPSA) is 12.0 Å². The van der Waals surface area contributed by atoms with Crippen LogP contribution in [0.1, 0.15) is 31.2 Å².